The number of rotatable bonds is 4. The first kappa shape index (κ1) is 18.5. The van der Waals surface area contributed by atoms with Crippen LogP contribution in [0.4, 0.5) is 0 Å². The lowest BCUT2D eigenvalue weighted by atomic mass is 9.72. The van der Waals surface area contributed by atoms with Crippen LogP contribution in [0.1, 0.15) is 36.0 Å². The van der Waals surface area contributed by atoms with Crippen molar-refractivity contribution in [3.63, 3.8) is 0 Å². The van der Waals surface area contributed by atoms with Crippen LogP contribution in [0.3, 0.4) is 0 Å². The van der Waals surface area contributed by atoms with Gasteiger partial charge in [0.2, 0.25) is 0 Å². The van der Waals surface area contributed by atoms with Gasteiger partial charge in [0.05, 0.1) is 6.10 Å². The fourth-order valence-electron chi connectivity index (χ4n) is 3.74. The van der Waals surface area contributed by atoms with E-state index in [1.165, 1.54) is 6.07 Å². The highest BCUT2D eigenvalue weighted by atomic mass is 35.5. The predicted octanol–water partition coefficient (Wildman–Crippen LogP) is 2.42. The van der Waals surface area contributed by atoms with Crippen LogP contribution < -0.4 is 10.1 Å². The van der Waals surface area contributed by atoms with Crippen LogP contribution in [0.15, 0.2) is 24.3 Å². The first-order valence-corrected chi connectivity index (χ1v) is 7.99. The van der Waals surface area contributed by atoms with Gasteiger partial charge in [0.1, 0.15) is 17.4 Å². The van der Waals surface area contributed by atoms with Gasteiger partial charge in [0, 0.05) is 0 Å². The third-order valence-corrected chi connectivity index (χ3v) is 4.97. The Hall–Kier alpha value is -1.79. The lowest BCUT2D eigenvalue weighted by molar-refractivity contribution is -0.141. The molecule has 4 atom stereocenters. The summed E-state index contributed by atoms with van der Waals surface area (Å²) in [4.78, 5) is 22.4. The number of para-hydroxylation sites is 1. The molecule has 0 aromatic heterocycles. The molecule has 1 saturated heterocycles. The van der Waals surface area contributed by atoms with E-state index in [4.69, 9.17) is 9.84 Å². The normalized spacial score (nSPS) is 29.0. The van der Waals surface area contributed by atoms with Gasteiger partial charge in [-0.25, -0.2) is 4.79 Å². The minimum atomic E-state index is -0.998. The maximum Gasteiger partial charge on any atom is 0.339 e. The lowest BCUT2D eigenvalue weighted by Gasteiger charge is -2.41. The average Bonchev–Trinajstić information content (AvgIpc) is 2.54. The summed E-state index contributed by atoms with van der Waals surface area (Å²) in [5, 5.41) is 21.5. The predicted molar refractivity (Wildman–Crippen MR) is 89.9 cm³/mol. The van der Waals surface area contributed by atoms with E-state index < -0.39 is 18.0 Å². The van der Waals surface area contributed by atoms with E-state index >= 15 is 0 Å². The molecular weight excluding hydrogens is 334 g/mol. The summed E-state index contributed by atoms with van der Waals surface area (Å²) in [6.07, 6.45) is 3.19. The summed E-state index contributed by atoms with van der Waals surface area (Å²) < 4.78 is 5.94. The Kier molecular flexibility index (Phi) is 6.07. The van der Waals surface area contributed by atoms with E-state index in [1.807, 2.05) is 0 Å². The van der Waals surface area contributed by atoms with Gasteiger partial charge < -0.3 is 20.3 Å². The average molecular weight is 356 g/mol. The van der Waals surface area contributed by atoms with Crippen molar-refractivity contribution in [1.82, 2.24) is 5.32 Å². The fraction of sp³-hybridized carbons (Fsp3) is 0.529. The van der Waals surface area contributed by atoms with E-state index in [1.54, 1.807) is 18.2 Å². The largest absolute Gasteiger partial charge is 0.490 e. The molecule has 0 unspecified atom stereocenters. The molecule has 1 aromatic carbocycles. The van der Waals surface area contributed by atoms with Crippen molar-refractivity contribution < 1.29 is 24.5 Å². The molecule has 6 nitrogen and oxygen atoms in total. The standard InChI is InChI=1S/C17H21NO5.ClH/c19-16(20)13-3-1-2-4-15(13)23-12-6-5-10-9-18-14(17(21)22)8-11(10)7-12;/h1-4,10-12,14,18H,5-9H2,(H,19,20)(H,21,22);1H/t10-,11+,12-,14-;/m0./s1. The Morgan fingerprint density at radius 1 is 1.08 bits per heavy atom. The highest BCUT2D eigenvalue weighted by molar-refractivity contribution is 5.90. The smallest absolute Gasteiger partial charge is 0.339 e. The second-order valence-corrected chi connectivity index (χ2v) is 6.41. The van der Waals surface area contributed by atoms with Crippen LogP contribution in [-0.4, -0.2) is 40.8 Å². The summed E-state index contributed by atoms with van der Waals surface area (Å²) in [7, 11) is 0. The number of nitrogens with one attached hydrogen (secondary N) is 1. The molecule has 0 radical (unpaired) electrons. The van der Waals surface area contributed by atoms with Crippen LogP contribution in [0.2, 0.25) is 0 Å². The fourth-order valence-corrected chi connectivity index (χ4v) is 3.74. The molecular formula is C17H22ClNO5. The van der Waals surface area contributed by atoms with Gasteiger partial charge in [0.15, 0.2) is 0 Å². The van der Waals surface area contributed by atoms with Crippen LogP contribution in [-0.2, 0) is 4.79 Å². The van der Waals surface area contributed by atoms with Crippen molar-refractivity contribution in [3.05, 3.63) is 29.8 Å². The topological polar surface area (TPSA) is 95.9 Å². The summed E-state index contributed by atoms with van der Waals surface area (Å²) in [5.74, 6) is -0.606. The lowest BCUT2D eigenvalue weighted by Crippen LogP contribution is -2.50. The first-order chi connectivity index (χ1) is 11.0. The summed E-state index contributed by atoms with van der Waals surface area (Å²) in [6, 6.07) is 6.17. The van der Waals surface area contributed by atoms with E-state index in [2.05, 4.69) is 5.32 Å². The summed E-state index contributed by atoms with van der Waals surface area (Å²) in [5.41, 5.74) is 0.170. The SMILES string of the molecule is Cl.O=C(O)c1ccccc1O[C@H]1CC[C@H]2CN[C@H](C(=O)O)C[C@H]2C1. The molecule has 1 aliphatic carbocycles. The molecule has 24 heavy (non-hydrogen) atoms. The van der Waals surface area contributed by atoms with Crippen molar-refractivity contribution in [3.8, 4) is 5.75 Å². The molecule has 0 amide bonds. The summed E-state index contributed by atoms with van der Waals surface area (Å²) >= 11 is 0. The van der Waals surface area contributed by atoms with Gasteiger partial charge in [-0.2, -0.15) is 0 Å². The van der Waals surface area contributed by atoms with Gasteiger partial charge in [0.25, 0.3) is 0 Å². The number of fused-ring (bicyclic) bond motifs is 1. The van der Waals surface area contributed by atoms with E-state index in [0.29, 0.717) is 24.0 Å². The van der Waals surface area contributed by atoms with Crippen LogP contribution in [0, 0.1) is 11.8 Å². The van der Waals surface area contributed by atoms with Crippen LogP contribution >= 0.6 is 12.4 Å². The maximum atomic E-state index is 11.3. The third kappa shape index (κ3) is 3.99. The second kappa shape index (κ2) is 7.85. The highest BCUT2D eigenvalue weighted by Gasteiger charge is 2.38. The monoisotopic (exact) mass is 355 g/mol. The molecule has 132 valence electrons. The van der Waals surface area contributed by atoms with E-state index in [-0.39, 0.29) is 24.1 Å². The number of piperidine rings is 1. The number of carboxylic acid groups (broad SMARTS) is 2. The molecule has 1 saturated carbocycles. The minimum absolute atomic E-state index is 0. The molecule has 0 bridgehead atoms. The van der Waals surface area contributed by atoms with Crippen molar-refractivity contribution in [1.29, 1.82) is 0 Å². The number of hydrogen-bond acceptors (Lipinski definition) is 4. The molecule has 1 heterocycles. The second-order valence-electron chi connectivity index (χ2n) is 6.41. The van der Waals surface area contributed by atoms with Gasteiger partial charge >= 0.3 is 11.9 Å². The van der Waals surface area contributed by atoms with Crippen molar-refractivity contribution in [2.45, 2.75) is 37.8 Å². The van der Waals surface area contributed by atoms with Crippen LogP contribution in [0.5, 0.6) is 5.75 Å². The first-order valence-electron chi connectivity index (χ1n) is 7.99. The molecule has 0 spiro atoms. The van der Waals surface area contributed by atoms with Crippen molar-refractivity contribution in [2.24, 2.45) is 11.8 Å². The van der Waals surface area contributed by atoms with Gasteiger partial charge in [-0.1, -0.05) is 12.1 Å². The highest BCUT2D eigenvalue weighted by Crippen LogP contribution is 2.37. The summed E-state index contributed by atoms with van der Waals surface area (Å²) in [6.45, 7) is 0.736. The number of aliphatic carboxylic acids is 1. The zero-order valence-corrected chi connectivity index (χ0v) is 14.0. The quantitative estimate of drug-likeness (QED) is 0.767. The van der Waals surface area contributed by atoms with Gasteiger partial charge in [-0.05, 0) is 56.2 Å². The molecule has 1 aromatic rings. The van der Waals surface area contributed by atoms with Gasteiger partial charge in [-0.3, -0.25) is 4.79 Å². The zero-order valence-electron chi connectivity index (χ0n) is 13.2. The Bertz CT molecular complexity index is 608. The molecule has 3 rings (SSSR count). The molecule has 3 N–H and O–H groups in total. The third-order valence-electron chi connectivity index (χ3n) is 4.97. The van der Waals surface area contributed by atoms with Gasteiger partial charge in [-0.15, -0.1) is 12.4 Å². The van der Waals surface area contributed by atoms with E-state index in [0.717, 1.165) is 25.8 Å². The zero-order chi connectivity index (χ0) is 16.4. The number of aromatic carboxylic acids is 1. The maximum absolute atomic E-state index is 11.3. The minimum Gasteiger partial charge on any atom is -0.490 e. The number of benzene rings is 1. The Balaban J connectivity index is 0.00000208. The molecule has 2 aliphatic rings. The molecule has 2 fully saturated rings. The molecule has 7 heteroatoms. The van der Waals surface area contributed by atoms with Crippen LogP contribution in [0.25, 0.3) is 0 Å². The Morgan fingerprint density at radius 3 is 2.54 bits per heavy atom. The van der Waals surface area contributed by atoms with Crippen molar-refractivity contribution in [2.75, 3.05) is 6.54 Å². The van der Waals surface area contributed by atoms with E-state index in [9.17, 15) is 14.7 Å². The van der Waals surface area contributed by atoms with Crippen molar-refractivity contribution >= 4 is 24.3 Å². The Labute approximate surface area is 146 Å². The number of hydrogen-bond donors (Lipinski definition) is 3. The molecule has 1 aliphatic heterocycles. The Morgan fingerprint density at radius 2 is 1.83 bits per heavy atom. The number of halogens is 1. The number of carbonyl (C=O) groups is 2. The number of carboxylic acids is 2. The number of ether oxygens (including phenoxy) is 1.